The van der Waals surface area contributed by atoms with Crippen LogP contribution in [0.4, 0.5) is 4.39 Å². The molecule has 0 radical (unpaired) electrons. The van der Waals surface area contributed by atoms with Crippen LogP contribution in [0.2, 0.25) is 5.02 Å². The molecule has 0 saturated carbocycles. The van der Waals surface area contributed by atoms with E-state index in [0.717, 1.165) is 0 Å². The third-order valence-electron chi connectivity index (χ3n) is 2.52. The van der Waals surface area contributed by atoms with Crippen LogP contribution in [0.25, 0.3) is 0 Å². The number of aromatic nitrogens is 2. The van der Waals surface area contributed by atoms with E-state index in [1.165, 1.54) is 22.9 Å². The zero-order valence-electron chi connectivity index (χ0n) is 10.3. The highest BCUT2D eigenvalue weighted by molar-refractivity contribution is 7.80. The second kappa shape index (κ2) is 5.14. The van der Waals surface area contributed by atoms with E-state index in [9.17, 15) is 4.39 Å². The molecule has 0 fully saturated rings. The Balaban J connectivity index is 2.46. The number of aryl methyl sites for hydroxylation is 2. The van der Waals surface area contributed by atoms with Gasteiger partial charge in [0.15, 0.2) is 0 Å². The van der Waals surface area contributed by atoms with E-state index in [2.05, 4.69) is 5.10 Å². The maximum Gasteiger partial charge on any atom is 0.228 e. The van der Waals surface area contributed by atoms with Crippen LogP contribution in [-0.4, -0.2) is 14.8 Å². The first-order valence-electron chi connectivity index (χ1n) is 5.36. The summed E-state index contributed by atoms with van der Waals surface area (Å²) in [5.74, 6) is 0.246. The highest BCUT2D eigenvalue weighted by Gasteiger charge is 2.18. The molecule has 2 N–H and O–H groups in total. The predicted molar refractivity (Wildman–Crippen MR) is 75.3 cm³/mol. The fraction of sp³-hybridized carbons (Fsp3) is 0.167. The van der Waals surface area contributed by atoms with Crippen LogP contribution in [0.3, 0.4) is 0 Å². The van der Waals surface area contributed by atoms with Gasteiger partial charge < -0.3 is 10.5 Å². The number of rotatable bonds is 3. The molecule has 4 nitrogen and oxygen atoms in total. The van der Waals surface area contributed by atoms with Gasteiger partial charge >= 0.3 is 0 Å². The van der Waals surface area contributed by atoms with Crippen LogP contribution in [-0.2, 0) is 7.05 Å². The summed E-state index contributed by atoms with van der Waals surface area (Å²) in [5, 5.41) is 4.34. The average Bonchev–Trinajstić information content (AvgIpc) is 2.57. The van der Waals surface area contributed by atoms with Crippen molar-refractivity contribution in [2.75, 3.05) is 0 Å². The summed E-state index contributed by atoms with van der Waals surface area (Å²) in [5.41, 5.74) is 6.85. The number of ether oxygens (including phenoxy) is 1. The van der Waals surface area contributed by atoms with Gasteiger partial charge in [-0.05, 0) is 25.1 Å². The highest BCUT2D eigenvalue weighted by atomic mass is 35.5. The lowest BCUT2D eigenvalue weighted by Crippen LogP contribution is -2.11. The van der Waals surface area contributed by atoms with Crippen molar-refractivity contribution in [3.63, 3.8) is 0 Å². The van der Waals surface area contributed by atoms with Crippen molar-refractivity contribution in [1.29, 1.82) is 0 Å². The second-order valence-electron chi connectivity index (χ2n) is 3.93. The van der Waals surface area contributed by atoms with Crippen molar-refractivity contribution in [3.8, 4) is 11.6 Å². The topological polar surface area (TPSA) is 53.1 Å². The van der Waals surface area contributed by atoms with Gasteiger partial charge in [-0.1, -0.05) is 23.8 Å². The molecule has 0 bridgehead atoms. The molecule has 2 rings (SSSR count). The number of hydrogen-bond donors (Lipinski definition) is 1. The molecular formula is C12H11ClFN3OS. The van der Waals surface area contributed by atoms with Crippen molar-refractivity contribution in [1.82, 2.24) is 9.78 Å². The molecule has 0 aliphatic rings. The summed E-state index contributed by atoms with van der Waals surface area (Å²) in [7, 11) is 1.70. The first kappa shape index (κ1) is 13.8. The standard InChI is InChI=1S/C12H11ClFN3OS/c1-6-10(11(15)19)12(17(2)16-6)18-9-4-3-7(14)5-8(9)13/h3-5H,1-2H3,(H2,15,19). The maximum atomic E-state index is 13.0. The summed E-state index contributed by atoms with van der Waals surface area (Å²) >= 11 is 10.9. The monoisotopic (exact) mass is 299 g/mol. The van der Waals surface area contributed by atoms with Gasteiger partial charge in [-0.15, -0.1) is 0 Å². The van der Waals surface area contributed by atoms with Gasteiger partial charge in [-0.2, -0.15) is 5.10 Å². The number of halogens is 2. The maximum absolute atomic E-state index is 13.0. The quantitative estimate of drug-likeness (QED) is 0.885. The number of nitrogens with zero attached hydrogens (tertiary/aromatic N) is 2. The first-order chi connectivity index (χ1) is 8.90. The Morgan fingerprint density at radius 3 is 2.79 bits per heavy atom. The predicted octanol–water partition coefficient (Wildman–Crippen LogP) is 2.95. The zero-order chi connectivity index (χ0) is 14.2. The van der Waals surface area contributed by atoms with Crippen LogP contribution in [0.1, 0.15) is 11.3 Å². The van der Waals surface area contributed by atoms with E-state index < -0.39 is 5.82 Å². The van der Waals surface area contributed by atoms with Crippen LogP contribution >= 0.6 is 23.8 Å². The molecule has 1 aromatic heterocycles. The molecule has 0 saturated heterocycles. The van der Waals surface area contributed by atoms with Gasteiger partial charge in [0, 0.05) is 7.05 Å². The number of hydrogen-bond acceptors (Lipinski definition) is 3. The summed E-state index contributed by atoms with van der Waals surface area (Å²) in [6.07, 6.45) is 0. The van der Waals surface area contributed by atoms with E-state index in [4.69, 9.17) is 34.3 Å². The molecule has 0 atom stereocenters. The van der Waals surface area contributed by atoms with Crippen molar-refractivity contribution >= 4 is 28.8 Å². The molecule has 2 aromatic rings. The molecule has 0 unspecified atom stereocenters. The molecule has 7 heteroatoms. The summed E-state index contributed by atoms with van der Waals surface area (Å²) in [6.45, 7) is 1.77. The Kier molecular flexibility index (Phi) is 3.73. The minimum atomic E-state index is -0.437. The van der Waals surface area contributed by atoms with Gasteiger partial charge in [0.1, 0.15) is 16.6 Å². The van der Waals surface area contributed by atoms with E-state index in [-0.39, 0.29) is 10.0 Å². The lowest BCUT2D eigenvalue weighted by molar-refractivity contribution is 0.429. The SMILES string of the molecule is Cc1nn(C)c(Oc2ccc(F)cc2Cl)c1C(N)=S. The fourth-order valence-corrected chi connectivity index (χ4v) is 2.14. The number of benzene rings is 1. The van der Waals surface area contributed by atoms with Crippen LogP contribution in [0.15, 0.2) is 18.2 Å². The van der Waals surface area contributed by atoms with Gasteiger partial charge in [0.25, 0.3) is 0 Å². The van der Waals surface area contributed by atoms with Gasteiger partial charge in [0.2, 0.25) is 5.88 Å². The normalized spacial score (nSPS) is 10.5. The van der Waals surface area contributed by atoms with E-state index in [1.807, 2.05) is 0 Å². The van der Waals surface area contributed by atoms with Crippen LogP contribution in [0.5, 0.6) is 11.6 Å². The Morgan fingerprint density at radius 1 is 1.53 bits per heavy atom. The van der Waals surface area contributed by atoms with Gasteiger partial charge in [-0.3, -0.25) is 0 Å². The largest absolute Gasteiger partial charge is 0.437 e. The molecule has 0 amide bonds. The lowest BCUT2D eigenvalue weighted by Gasteiger charge is -2.09. The Bertz CT molecular complexity index is 657. The number of nitrogens with two attached hydrogens (primary N) is 1. The van der Waals surface area contributed by atoms with Crippen LogP contribution < -0.4 is 10.5 Å². The molecule has 0 spiro atoms. The Hall–Kier alpha value is -1.66. The molecular weight excluding hydrogens is 289 g/mol. The van der Waals surface area contributed by atoms with Crippen molar-refractivity contribution in [3.05, 3.63) is 40.3 Å². The van der Waals surface area contributed by atoms with E-state index in [0.29, 0.717) is 22.9 Å². The third kappa shape index (κ3) is 2.69. The smallest absolute Gasteiger partial charge is 0.228 e. The molecule has 1 aromatic carbocycles. The van der Waals surface area contributed by atoms with Crippen molar-refractivity contribution in [2.45, 2.75) is 6.92 Å². The van der Waals surface area contributed by atoms with Gasteiger partial charge in [-0.25, -0.2) is 9.07 Å². The van der Waals surface area contributed by atoms with Crippen molar-refractivity contribution in [2.24, 2.45) is 12.8 Å². The summed E-state index contributed by atoms with van der Waals surface area (Å²) in [4.78, 5) is 0.179. The highest BCUT2D eigenvalue weighted by Crippen LogP contribution is 2.32. The average molecular weight is 300 g/mol. The zero-order valence-corrected chi connectivity index (χ0v) is 11.8. The fourth-order valence-electron chi connectivity index (χ4n) is 1.70. The third-order valence-corrected chi connectivity index (χ3v) is 3.02. The summed E-state index contributed by atoms with van der Waals surface area (Å²) < 4.78 is 20.1. The minimum Gasteiger partial charge on any atom is -0.437 e. The minimum absolute atomic E-state index is 0.160. The van der Waals surface area contributed by atoms with E-state index in [1.54, 1.807) is 14.0 Å². The lowest BCUT2D eigenvalue weighted by atomic mass is 10.2. The van der Waals surface area contributed by atoms with Crippen LogP contribution in [0, 0.1) is 12.7 Å². The van der Waals surface area contributed by atoms with Gasteiger partial charge in [0.05, 0.1) is 16.3 Å². The first-order valence-corrected chi connectivity index (χ1v) is 6.15. The second-order valence-corrected chi connectivity index (χ2v) is 4.78. The molecule has 1 heterocycles. The Labute approximate surface area is 119 Å². The van der Waals surface area contributed by atoms with E-state index >= 15 is 0 Å². The molecule has 100 valence electrons. The Morgan fingerprint density at radius 2 is 2.21 bits per heavy atom. The number of thiocarbonyl (C=S) groups is 1. The molecule has 0 aliphatic carbocycles. The van der Waals surface area contributed by atoms with Crippen molar-refractivity contribution < 1.29 is 9.13 Å². The molecule has 0 aliphatic heterocycles. The molecule has 19 heavy (non-hydrogen) atoms. The summed E-state index contributed by atoms with van der Waals surface area (Å²) in [6, 6.07) is 3.86.